The van der Waals surface area contributed by atoms with Crippen molar-refractivity contribution in [3.63, 3.8) is 0 Å². The summed E-state index contributed by atoms with van der Waals surface area (Å²) in [6, 6.07) is 105. The van der Waals surface area contributed by atoms with E-state index in [0.717, 1.165) is 106 Å². The Kier molecular flexibility index (Phi) is 9.80. The molecule has 6 heterocycles. The summed E-state index contributed by atoms with van der Waals surface area (Å²) in [7, 11) is 0. The average molecular weight is 1160 g/mol. The second-order valence-corrected chi connectivity index (χ2v) is 25.0. The molecule has 0 amide bonds. The summed E-state index contributed by atoms with van der Waals surface area (Å²) in [6.45, 7) is 0. The highest BCUT2D eigenvalue weighted by Gasteiger charge is 2.55. The molecule has 3 aliphatic carbocycles. The van der Waals surface area contributed by atoms with Crippen LogP contribution in [0.3, 0.4) is 0 Å². The fourth-order valence-corrected chi connectivity index (χ4v) is 17.2. The predicted molar refractivity (Wildman–Crippen MR) is 368 cm³/mol. The Hall–Kier alpha value is -11.9. The maximum absolute atomic E-state index is 8.14. The van der Waals surface area contributed by atoms with Crippen molar-refractivity contribution in [3.8, 4) is 62.2 Å². The van der Waals surface area contributed by atoms with Crippen LogP contribution in [0.1, 0.15) is 67.5 Å². The van der Waals surface area contributed by atoms with E-state index in [1.807, 2.05) is 0 Å². The molecule has 4 aliphatic rings. The van der Waals surface area contributed by atoms with Crippen molar-refractivity contribution >= 4 is 65.4 Å². The molecule has 1 spiro atoms. The minimum Gasteiger partial charge on any atom is -0.452 e. The zero-order valence-electron chi connectivity index (χ0n) is 49.1. The molecule has 0 atom stereocenters. The monoisotopic (exact) mass is 1160 g/mol. The summed E-state index contributed by atoms with van der Waals surface area (Å²) in [6.07, 6.45) is 4.28. The minimum atomic E-state index is -1.03. The molecule has 0 saturated carbocycles. The molecule has 6 nitrogen and oxygen atoms in total. The molecule has 422 valence electrons. The predicted octanol–water partition coefficient (Wildman–Crippen LogP) is 20.6. The number of pyridine rings is 2. The third-order valence-corrected chi connectivity index (χ3v) is 20.7. The molecule has 91 heavy (non-hydrogen) atoms. The highest BCUT2D eigenvalue weighted by molar-refractivity contribution is 6.13. The number of nitrogens with zero attached hydrogens (tertiary/aromatic N) is 5. The lowest BCUT2D eigenvalue weighted by molar-refractivity contribution is 0.433. The number of hydrogen-bond donors (Lipinski definition) is 0. The van der Waals surface area contributed by atoms with E-state index in [9.17, 15) is 0 Å². The maximum Gasteiger partial charge on any atom is 0.156 e. The molecule has 21 rings (SSSR count). The van der Waals surface area contributed by atoms with Gasteiger partial charge in [0.05, 0.1) is 61.3 Å². The Balaban J connectivity index is 0.886. The van der Waals surface area contributed by atoms with Gasteiger partial charge < -0.3 is 18.4 Å². The lowest BCUT2D eigenvalue weighted by Gasteiger charge is -2.41. The van der Waals surface area contributed by atoms with Crippen molar-refractivity contribution in [2.24, 2.45) is 0 Å². The van der Waals surface area contributed by atoms with Crippen LogP contribution in [-0.2, 0) is 5.41 Å². The van der Waals surface area contributed by atoms with Gasteiger partial charge in [-0.15, -0.1) is 0 Å². The van der Waals surface area contributed by atoms with Crippen LogP contribution in [0.15, 0.2) is 298 Å². The van der Waals surface area contributed by atoms with Crippen molar-refractivity contribution in [3.05, 3.63) is 353 Å². The second-order valence-electron chi connectivity index (χ2n) is 25.0. The Labute approximate surface area is 523 Å². The number of fused-ring (bicyclic) bond motifs is 24. The van der Waals surface area contributed by atoms with Gasteiger partial charge in [0.15, 0.2) is 11.5 Å². The van der Waals surface area contributed by atoms with Crippen LogP contribution in [0, 0.1) is 0 Å². The molecule has 0 fully saturated rings. The van der Waals surface area contributed by atoms with Crippen molar-refractivity contribution < 1.29 is 4.74 Å². The number of benzene rings is 12. The molecule has 0 N–H and O–H groups in total. The van der Waals surface area contributed by atoms with Gasteiger partial charge in [-0.1, -0.05) is 212 Å². The van der Waals surface area contributed by atoms with Gasteiger partial charge in [-0.2, -0.15) is 0 Å². The van der Waals surface area contributed by atoms with Crippen LogP contribution >= 0.6 is 0 Å². The Morgan fingerprint density at radius 2 is 0.626 bits per heavy atom. The standard InChI is InChI=1S/C85H51N5O/c1-5-30-62-53(21-1)54-22-2-6-31-63(54)79(62)50-45-69-81(86-48-50)82-70(46-51(49-87-82)80-64-32-7-3-23-55(64)56-24-4-8-33-65(56)80)85(69)67-34-19-41-77(89-73-38-16-11-27-59(73)60-28-12-17-39-74(60)89)83(67)91-84-68(85)35-20-42-78(84)90-75-40-18-13-29-61(75)66-47-52(43-44-76(66)90)88-71-36-14-9-25-57(71)58-26-10-15-37-72(58)88/h1-49,79-80H. The van der Waals surface area contributed by atoms with Gasteiger partial charge in [0.2, 0.25) is 0 Å². The van der Waals surface area contributed by atoms with Gasteiger partial charge in [-0.25, -0.2) is 0 Å². The summed E-state index contributed by atoms with van der Waals surface area (Å²) < 4.78 is 15.4. The van der Waals surface area contributed by atoms with Crippen LogP contribution in [0.4, 0.5) is 0 Å². The van der Waals surface area contributed by atoms with Gasteiger partial charge in [0.25, 0.3) is 0 Å². The Bertz CT molecular complexity index is 5710. The maximum atomic E-state index is 8.14. The first kappa shape index (κ1) is 49.2. The van der Waals surface area contributed by atoms with Crippen LogP contribution < -0.4 is 4.74 Å². The molecule has 12 aromatic carbocycles. The molecule has 5 aromatic heterocycles. The Morgan fingerprint density at radius 3 is 1.03 bits per heavy atom. The van der Waals surface area contributed by atoms with E-state index in [1.54, 1.807) is 0 Å². The highest BCUT2D eigenvalue weighted by Crippen LogP contribution is 2.65. The molecule has 0 saturated heterocycles. The fraction of sp³-hybridized carbons (Fsp3) is 0.0353. The van der Waals surface area contributed by atoms with E-state index in [0.29, 0.717) is 0 Å². The molecule has 0 bridgehead atoms. The summed E-state index contributed by atoms with van der Waals surface area (Å²) in [4.78, 5) is 11.5. The second kappa shape index (κ2) is 18.1. The van der Waals surface area contributed by atoms with E-state index in [4.69, 9.17) is 14.7 Å². The largest absolute Gasteiger partial charge is 0.452 e. The first-order valence-corrected chi connectivity index (χ1v) is 31.5. The van der Waals surface area contributed by atoms with Crippen molar-refractivity contribution in [2.45, 2.75) is 17.3 Å². The van der Waals surface area contributed by atoms with E-state index < -0.39 is 5.41 Å². The van der Waals surface area contributed by atoms with Gasteiger partial charge in [-0.05, 0) is 128 Å². The van der Waals surface area contributed by atoms with Gasteiger partial charge in [-0.3, -0.25) is 9.97 Å². The Morgan fingerprint density at radius 1 is 0.286 bits per heavy atom. The molecule has 17 aromatic rings. The smallest absolute Gasteiger partial charge is 0.156 e. The van der Waals surface area contributed by atoms with Gasteiger partial charge in [0, 0.05) is 84.5 Å². The number of ether oxygens (including phenoxy) is 1. The summed E-state index contributed by atoms with van der Waals surface area (Å²) >= 11 is 0. The molecule has 0 radical (unpaired) electrons. The zero-order valence-corrected chi connectivity index (χ0v) is 49.1. The molecule has 6 heteroatoms. The van der Waals surface area contributed by atoms with Crippen molar-refractivity contribution in [1.29, 1.82) is 0 Å². The van der Waals surface area contributed by atoms with Crippen LogP contribution in [0.5, 0.6) is 11.5 Å². The third-order valence-electron chi connectivity index (χ3n) is 20.7. The van der Waals surface area contributed by atoms with E-state index in [2.05, 4.69) is 311 Å². The summed E-state index contributed by atoms with van der Waals surface area (Å²) in [5.74, 6) is 1.45. The number of aromatic nitrogens is 5. The summed E-state index contributed by atoms with van der Waals surface area (Å²) in [5.41, 5.74) is 27.1. The summed E-state index contributed by atoms with van der Waals surface area (Å²) in [5, 5.41) is 7.14. The van der Waals surface area contributed by atoms with E-state index in [-0.39, 0.29) is 11.8 Å². The SMILES string of the molecule is c1ccc2c(c1)-c1ccccc1C2c1cnc2c(c1)C1(c3cc(C4c5ccccc5-c5ccccc54)cnc3-2)c2cccc(-n3c4ccccc4c4ccccc43)c2Oc2c(-n3c4ccccc4c4cc(-n5c6ccccc6c6ccccc65)ccc43)cccc21. The first-order valence-electron chi connectivity index (χ1n) is 31.5. The molecule has 1 aliphatic heterocycles. The van der Waals surface area contributed by atoms with Crippen LogP contribution in [0.25, 0.3) is 116 Å². The van der Waals surface area contributed by atoms with Crippen LogP contribution in [-0.4, -0.2) is 23.7 Å². The first-order chi connectivity index (χ1) is 45.2. The molecule has 0 unspecified atom stereocenters. The van der Waals surface area contributed by atoms with Crippen molar-refractivity contribution in [1.82, 2.24) is 23.7 Å². The molecular formula is C85H51N5O. The number of hydrogen-bond acceptors (Lipinski definition) is 3. The highest BCUT2D eigenvalue weighted by atomic mass is 16.5. The number of para-hydroxylation sites is 7. The fourth-order valence-electron chi connectivity index (χ4n) is 17.2. The lowest BCUT2D eigenvalue weighted by atomic mass is 9.65. The zero-order chi connectivity index (χ0) is 59.2. The minimum absolute atomic E-state index is 0.0555. The third kappa shape index (κ3) is 6.40. The molecular weight excluding hydrogens is 1110 g/mol. The van der Waals surface area contributed by atoms with Crippen LogP contribution in [0.2, 0.25) is 0 Å². The van der Waals surface area contributed by atoms with E-state index >= 15 is 0 Å². The van der Waals surface area contributed by atoms with Gasteiger partial charge >= 0.3 is 0 Å². The number of rotatable bonds is 5. The quantitative estimate of drug-likeness (QED) is 0.173. The van der Waals surface area contributed by atoms with E-state index in [1.165, 1.54) is 77.1 Å². The van der Waals surface area contributed by atoms with Crippen molar-refractivity contribution in [2.75, 3.05) is 0 Å². The lowest BCUT2D eigenvalue weighted by Crippen LogP contribution is -2.33. The average Bonchev–Trinajstić information content (AvgIpc) is 1.13. The van der Waals surface area contributed by atoms with Gasteiger partial charge in [0.1, 0.15) is 0 Å². The normalized spacial score (nSPS) is 14.0. The topological polar surface area (TPSA) is 49.8 Å².